The van der Waals surface area contributed by atoms with E-state index in [2.05, 4.69) is 9.97 Å². The molecule has 0 atom stereocenters. The van der Waals surface area contributed by atoms with Gasteiger partial charge in [-0.2, -0.15) is 4.98 Å². The molecule has 1 aliphatic heterocycles. The first-order valence-electron chi connectivity index (χ1n) is 8.20. The molecule has 0 spiro atoms. The summed E-state index contributed by atoms with van der Waals surface area (Å²) in [4.78, 5) is 19.7. The van der Waals surface area contributed by atoms with Gasteiger partial charge in [-0.3, -0.25) is 4.57 Å². The van der Waals surface area contributed by atoms with Gasteiger partial charge in [0.1, 0.15) is 11.5 Å². The molecule has 0 radical (unpaired) electrons. The molecule has 3 aromatic rings. The Morgan fingerprint density at radius 1 is 1.23 bits per heavy atom. The molecule has 1 aromatic carbocycles. The van der Waals surface area contributed by atoms with Crippen LogP contribution in [0, 0.1) is 6.92 Å². The van der Waals surface area contributed by atoms with Gasteiger partial charge in [0.05, 0.1) is 17.9 Å². The first-order chi connectivity index (χ1) is 12.5. The van der Waals surface area contributed by atoms with Crippen LogP contribution in [0.2, 0.25) is 0 Å². The molecule has 0 saturated heterocycles. The summed E-state index contributed by atoms with van der Waals surface area (Å²) in [5.74, 6) is 1.72. The molecule has 0 fully saturated rings. The van der Waals surface area contributed by atoms with Crippen LogP contribution in [0.4, 0.5) is 0 Å². The van der Waals surface area contributed by atoms with E-state index in [-0.39, 0.29) is 5.88 Å². The van der Waals surface area contributed by atoms with Crippen molar-refractivity contribution in [1.29, 1.82) is 0 Å². The lowest BCUT2D eigenvalue weighted by molar-refractivity contribution is 0.356. The molecular weight excluding hydrogens is 334 g/mol. The number of aromatic hydroxyl groups is 1. The summed E-state index contributed by atoms with van der Waals surface area (Å²) in [5.41, 5.74) is 2.39. The van der Waals surface area contributed by atoms with Crippen molar-refractivity contribution in [3.63, 3.8) is 0 Å². The van der Waals surface area contributed by atoms with E-state index in [0.717, 1.165) is 23.3 Å². The zero-order valence-electron chi connectivity index (χ0n) is 14.4. The number of pyridine rings is 1. The maximum Gasteiger partial charge on any atom is 0.351 e. The molecule has 26 heavy (non-hydrogen) atoms. The zero-order chi connectivity index (χ0) is 18.3. The number of ether oxygens (including phenoxy) is 2. The van der Waals surface area contributed by atoms with Gasteiger partial charge >= 0.3 is 5.69 Å². The predicted molar refractivity (Wildman–Crippen MR) is 94.8 cm³/mol. The fraction of sp³-hybridized carbons (Fsp3) is 0.211. The fourth-order valence-corrected chi connectivity index (χ4v) is 3.08. The molecule has 4 rings (SSSR count). The number of rotatable bonds is 3. The van der Waals surface area contributed by atoms with Crippen LogP contribution in [-0.2, 0) is 13.5 Å². The average Bonchev–Trinajstić information content (AvgIpc) is 3.11. The molecular formula is C19H17N3O4. The summed E-state index contributed by atoms with van der Waals surface area (Å²) in [7, 11) is 1.62. The summed E-state index contributed by atoms with van der Waals surface area (Å²) >= 11 is 0. The maximum atomic E-state index is 11.8. The number of fused-ring (bicyclic) bond motifs is 1. The second kappa shape index (κ2) is 6.18. The predicted octanol–water partition coefficient (Wildman–Crippen LogP) is 2.58. The third-order valence-electron chi connectivity index (χ3n) is 4.44. The molecule has 1 N–H and O–H groups in total. The molecule has 3 heterocycles. The largest absolute Gasteiger partial charge is 0.493 e. The Morgan fingerprint density at radius 3 is 2.77 bits per heavy atom. The quantitative estimate of drug-likeness (QED) is 0.780. The van der Waals surface area contributed by atoms with Crippen molar-refractivity contribution in [2.75, 3.05) is 6.61 Å². The van der Waals surface area contributed by atoms with E-state index in [1.165, 1.54) is 4.57 Å². The highest BCUT2D eigenvalue weighted by molar-refractivity contribution is 5.65. The highest BCUT2D eigenvalue weighted by Gasteiger charge is 2.19. The van der Waals surface area contributed by atoms with Crippen LogP contribution in [0.15, 0.2) is 41.3 Å². The molecule has 2 aromatic heterocycles. The Balaban J connectivity index is 1.67. The molecule has 132 valence electrons. The lowest BCUT2D eigenvalue weighted by Crippen LogP contribution is -2.22. The van der Waals surface area contributed by atoms with Crippen LogP contribution < -0.4 is 15.2 Å². The van der Waals surface area contributed by atoms with Gasteiger partial charge in [0.25, 0.3) is 0 Å². The van der Waals surface area contributed by atoms with E-state index >= 15 is 0 Å². The van der Waals surface area contributed by atoms with Gasteiger partial charge in [0.15, 0.2) is 0 Å². The van der Waals surface area contributed by atoms with Crippen LogP contribution in [0.5, 0.6) is 23.3 Å². The van der Waals surface area contributed by atoms with Gasteiger partial charge in [0.2, 0.25) is 11.8 Å². The van der Waals surface area contributed by atoms with E-state index in [1.54, 1.807) is 32.3 Å². The molecule has 7 nitrogen and oxygen atoms in total. The second-order valence-electron chi connectivity index (χ2n) is 6.07. The van der Waals surface area contributed by atoms with E-state index in [0.29, 0.717) is 29.5 Å². The first-order valence-corrected chi connectivity index (χ1v) is 8.20. The third-order valence-corrected chi connectivity index (χ3v) is 4.44. The van der Waals surface area contributed by atoms with Crippen molar-refractivity contribution in [3.05, 3.63) is 58.1 Å². The van der Waals surface area contributed by atoms with Crippen LogP contribution in [-0.4, -0.2) is 26.2 Å². The summed E-state index contributed by atoms with van der Waals surface area (Å²) in [6.45, 7) is 2.36. The molecule has 0 saturated carbocycles. The highest BCUT2D eigenvalue weighted by Crippen LogP contribution is 2.34. The SMILES string of the molecule is Cc1c(O)nc(=O)n(C)c1-c1ccc(Oc2nccc3c2CCO3)cc1. The maximum absolute atomic E-state index is 11.8. The lowest BCUT2D eigenvalue weighted by Gasteiger charge is -2.13. The van der Waals surface area contributed by atoms with Crippen molar-refractivity contribution in [1.82, 2.24) is 14.5 Å². The second-order valence-corrected chi connectivity index (χ2v) is 6.07. The number of nitrogens with zero attached hydrogens (tertiary/aromatic N) is 3. The smallest absolute Gasteiger partial charge is 0.351 e. The Morgan fingerprint density at radius 2 is 2.00 bits per heavy atom. The molecule has 0 bridgehead atoms. The minimum atomic E-state index is -0.507. The standard InChI is InChI=1S/C19H17N3O4/c1-11-16(22(2)19(24)21-17(11)23)12-3-5-13(6-4-12)26-18-14-8-10-25-15(14)7-9-20-18/h3-7,9H,8,10H2,1-2H3,(H,21,23,24). The normalized spacial score (nSPS) is 12.5. The minimum Gasteiger partial charge on any atom is -0.493 e. The number of hydrogen-bond acceptors (Lipinski definition) is 6. The van der Waals surface area contributed by atoms with Gasteiger partial charge in [-0.25, -0.2) is 9.78 Å². The number of hydrogen-bond donors (Lipinski definition) is 1. The van der Waals surface area contributed by atoms with Gasteiger partial charge in [-0.15, -0.1) is 0 Å². The van der Waals surface area contributed by atoms with Crippen molar-refractivity contribution in [2.45, 2.75) is 13.3 Å². The van der Waals surface area contributed by atoms with Gasteiger partial charge in [0, 0.05) is 25.2 Å². The van der Waals surface area contributed by atoms with Crippen molar-refractivity contribution in [2.24, 2.45) is 7.05 Å². The number of benzene rings is 1. The molecule has 7 heteroatoms. The monoisotopic (exact) mass is 351 g/mol. The topological polar surface area (TPSA) is 86.5 Å². The summed E-state index contributed by atoms with van der Waals surface area (Å²) in [5, 5.41) is 9.84. The fourth-order valence-electron chi connectivity index (χ4n) is 3.08. The first kappa shape index (κ1) is 16.1. The molecule has 0 amide bonds. The van der Waals surface area contributed by atoms with Gasteiger partial charge in [-0.1, -0.05) is 0 Å². The van der Waals surface area contributed by atoms with E-state index in [1.807, 2.05) is 18.2 Å². The number of aromatic nitrogens is 3. The molecule has 0 unspecified atom stereocenters. The van der Waals surface area contributed by atoms with Crippen LogP contribution in [0.25, 0.3) is 11.3 Å². The minimum absolute atomic E-state index is 0.257. The van der Waals surface area contributed by atoms with Crippen molar-refractivity contribution >= 4 is 0 Å². The zero-order valence-corrected chi connectivity index (χ0v) is 14.4. The molecule has 1 aliphatic rings. The van der Waals surface area contributed by atoms with Crippen molar-refractivity contribution in [3.8, 4) is 34.5 Å². The van der Waals surface area contributed by atoms with E-state index in [4.69, 9.17) is 9.47 Å². The Bertz CT molecular complexity index is 1040. The Hall–Kier alpha value is -3.35. The van der Waals surface area contributed by atoms with Crippen LogP contribution in [0.3, 0.4) is 0 Å². The van der Waals surface area contributed by atoms with Crippen molar-refractivity contribution < 1.29 is 14.6 Å². The van der Waals surface area contributed by atoms with Gasteiger partial charge < -0.3 is 14.6 Å². The molecule has 0 aliphatic carbocycles. The summed E-state index contributed by atoms with van der Waals surface area (Å²) < 4.78 is 12.8. The van der Waals surface area contributed by atoms with Crippen LogP contribution >= 0.6 is 0 Å². The van der Waals surface area contributed by atoms with E-state index < -0.39 is 5.69 Å². The average molecular weight is 351 g/mol. The third kappa shape index (κ3) is 2.67. The van der Waals surface area contributed by atoms with Gasteiger partial charge in [-0.05, 0) is 42.8 Å². The summed E-state index contributed by atoms with van der Waals surface area (Å²) in [6.07, 6.45) is 2.43. The lowest BCUT2D eigenvalue weighted by atomic mass is 10.1. The van der Waals surface area contributed by atoms with E-state index in [9.17, 15) is 9.90 Å². The Kier molecular flexibility index (Phi) is 3.84. The Labute approximate surface area is 149 Å². The summed E-state index contributed by atoms with van der Waals surface area (Å²) in [6, 6.07) is 9.09. The highest BCUT2D eigenvalue weighted by atomic mass is 16.5. The van der Waals surface area contributed by atoms with Crippen LogP contribution in [0.1, 0.15) is 11.1 Å².